The van der Waals surface area contributed by atoms with Gasteiger partial charge in [-0.05, 0) is 24.6 Å². The molecule has 1 amide bonds. The molecule has 1 aliphatic rings. The predicted molar refractivity (Wildman–Crippen MR) is 62.3 cm³/mol. The molecular weight excluding hydrogens is 221 g/mol. The third kappa shape index (κ3) is 2.16. The summed E-state index contributed by atoms with van der Waals surface area (Å²) in [5, 5.41) is 9.08. The molecule has 1 aromatic carbocycles. The van der Waals surface area contributed by atoms with E-state index in [0.29, 0.717) is 6.54 Å². The number of hydrogen-bond donors (Lipinski definition) is 1. The average molecular weight is 235 g/mol. The van der Waals surface area contributed by atoms with Crippen molar-refractivity contribution < 1.29 is 14.3 Å². The fourth-order valence-electron chi connectivity index (χ4n) is 1.97. The maximum Gasteiger partial charge on any atom is 0.254 e. The first-order valence-electron chi connectivity index (χ1n) is 5.59. The van der Waals surface area contributed by atoms with Gasteiger partial charge in [0.25, 0.3) is 5.91 Å². The van der Waals surface area contributed by atoms with E-state index in [1.807, 2.05) is 19.1 Å². The van der Waals surface area contributed by atoms with E-state index in [2.05, 4.69) is 0 Å². The van der Waals surface area contributed by atoms with Crippen LogP contribution >= 0.6 is 0 Å². The van der Waals surface area contributed by atoms with Gasteiger partial charge in [0, 0.05) is 12.1 Å². The Morgan fingerprint density at radius 3 is 3.00 bits per heavy atom. The van der Waals surface area contributed by atoms with Crippen LogP contribution in [0.15, 0.2) is 30.4 Å². The molecule has 1 heterocycles. The Hall–Kier alpha value is -1.84. The third-order valence-electron chi connectivity index (χ3n) is 2.93. The number of aromatic hydroxyl groups is 1. The molecule has 2 rings (SSSR count). The Balaban J connectivity index is 2.22. The molecule has 0 bridgehead atoms. The van der Waals surface area contributed by atoms with Crippen LogP contribution < -0.4 is 0 Å². The minimum Gasteiger partial charge on any atom is -0.505 e. The molecule has 0 aliphatic carbocycles. The molecule has 0 radical (unpaired) electrons. The Bertz CT molecular complexity index is 470. The van der Waals surface area contributed by atoms with Gasteiger partial charge in [-0.1, -0.05) is 19.1 Å². The van der Waals surface area contributed by atoms with E-state index in [-0.39, 0.29) is 17.5 Å². The van der Waals surface area contributed by atoms with Crippen LogP contribution in [0.1, 0.15) is 23.7 Å². The Morgan fingerprint density at radius 2 is 2.35 bits per heavy atom. The molecule has 0 saturated carbocycles. The lowest BCUT2D eigenvalue weighted by atomic mass is 10.1. The number of phenolic OH excluding ortho intramolecular Hbond substituents is 1. The zero-order valence-electron chi connectivity index (χ0n) is 9.56. The molecule has 1 atom stereocenters. The van der Waals surface area contributed by atoms with Gasteiger partial charge in [0.05, 0.1) is 6.04 Å². The number of halogens is 1. The summed E-state index contributed by atoms with van der Waals surface area (Å²) in [6.07, 6.45) is 4.75. The maximum absolute atomic E-state index is 13.2. The van der Waals surface area contributed by atoms with Crippen LogP contribution in [-0.4, -0.2) is 28.5 Å². The molecule has 3 nitrogen and oxygen atoms in total. The highest BCUT2D eigenvalue weighted by Crippen LogP contribution is 2.20. The number of hydrogen-bond acceptors (Lipinski definition) is 2. The number of benzene rings is 1. The summed E-state index contributed by atoms with van der Waals surface area (Å²) in [7, 11) is 0. The zero-order chi connectivity index (χ0) is 12.4. The van der Waals surface area contributed by atoms with E-state index in [0.717, 1.165) is 12.5 Å². The van der Waals surface area contributed by atoms with Gasteiger partial charge < -0.3 is 10.0 Å². The van der Waals surface area contributed by atoms with Crippen molar-refractivity contribution in [2.45, 2.75) is 19.4 Å². The van der Waals surface area contributed by atoms with Crippen LogP contribution in [0, 0.1) is 5.82 Å². The largest absolute Gasteiger partial charge is 0.505 e. The average Bonchev–Trinajstić information content (AvgIpc) is 2.80. The van der Waals surface area contributed by atoms with Gasteiger partial charge in [0.1, 0.15) is 0 Å². The van der Waals surface area contributed by atoms with Crippen molar-refractivity contribution in [3.63, 3.8) is 0 Å². The lowest BCUT2D eigenvalue weighted by molar-refractivity contribution is 0.0747. The molecule has 4 heteroatoms. The molecule has 0 spiro atoms. The van der Waals surface area contributed by atoms with E-state index < -0.39 is 11.6 Å². The molecule has 0 aromatic heterocycles. The van der Waals surface area contributed by atoms with Crippen LogP contribution in [0.3, 0.4) is 0 Å². The number of carbonyl (C=O) groups is 1. The van der Waals surface area contributed by atoms with Crippen molar-refractivity contribution in [1.82, 2.24) is 4.90 Å². The van der Waals surface area contributed by atoms with Crippen molar-refractivity contribution in [3.05, 3.63) is 41.7 Å². The minimum atomic E-state index is -0.768. The molecule has 0 fully saturated rings. The highest BCUT2D eigenvalue weighted by atomic mass is 19.1. The molecule has 1 aliphatic heterocycles. The van der Waals surface area contributed by atoms with Crippen molar-refractivity contribution >= 4 is 5.91 Å². The molecule has 17 heavy (non-hydrogen) atoms. The number of phenols is 1. The van der Waals surface area contributed by atoms with Crippen LogP contribution in [0.2, 0.25) is 0 Å². The van der Waals surface area contributed by atoms with Crippen molar-refractivity contribution in [2.75, 3.05) is 6.54 Å². The van der Waals surface area contributed by atoms with Crippen LogP contribution in [0.25, 0.3) is 0 Å². The number of rotatable bonds is 2. The van der Waals surface area contributed by atoms with Gasteiger partial charge >= 0.3 is 0 Å². The summed E-state index contributed by atoms with van der Waals surface area (Å²) in [4.78, 5) is 13.8. The summed E-state index contributed by atoms with van der Waals surface area (Å²) in [5.74, 6) is -1.41. The second kappa shape index (κ2) is 4.57. The lowest BCUT2D eigenvalue weighted by Crippen LogP contribution is -2.35. The highest BCUT2D eigenvalue weighted by molar-refractivity contribution is 5.95. The van der Waals surface area contributed by atoms with E-state index in [9.17, 15) is 9.18 Å². The molecular formula is C13H14FNO2. The van der Waals surface area contributed by atoms with Gasteiger partial charge in [0.15, 0.2) is 11.6 Å². The SMILES string of the molecule is CCC1C=CCN1C(=O)c1ccc(O)c(F)c1. The standard InChI is InChI=1S/C13H14FNO2/c1-2-10-4-3-7-15(10)13(17)9-5-6-12(16)11(14)8-9/h3-6,8,10,16H,2,7H2,1H3. The normalized spacial score (nSPS) is 18.7. The second-order valence-electron chi connectivity index (χ2n) is 4.03. The molecule has 1 unspecified atom stereocenters. The van der Waals surface area contributed by atoms with Crippen LogP contribution in [-0.2, 0) is 0 Å². The van der Waals surface area contributed by atoms with E-state index in [1.165, 1.54) is 12.1 Å². The van der Waals surface area contributed by atoms with Gasteiger partial charge in [0.2, 0.25) is 0 Å². The van der Waals surface area contributed by atoms with Crippen molar-refractivity contribution in [2.24, 2.45) is 0 Å². The van der Waals surface area contributed by atoms with E-state index >= 15 is 0 Å². The van der Waals surface area contributed by atoms with Gasteiger partial charge in [-0.25, -0.2) is 4.39 Å². The quantitative estimate of drug-likeness (QED) is 0.799. The van der Waals surface area contributed by atoms with Crippen LogP contribution in [0.4, 0.5) is 4.39 Å². The number of nitrogens with zero attached hydrogens (tertiary/aromatic N) is 1. The molecule has 90 valence electrons. The minimum absolute atomic E-state index is 0.0827. The van der Waals surface area contributed by atoms with Crippen molar-refractivity contribution in [3.8, 4) is 5.75 Å². The first-order chi connectivity index (χ1) is 8.13. The molecule has 0 saturated heterocycles. The smallest absolute Gasteiger partial charge is 0.254 e. The number of carbonyl (C=O) groups excluding carboxylic acids is 1. The van der Waals surface area contributed by atoms with Gasteiger partial charge in [-0.15, -0.1) is 0 Å². The first-order valence-corrected chi connectivity index (χ1v) is 5.59. The zero-order valence-corrected chi connectivity index (χ0v) is 9.56. The monoisotopic (exact) mass is 235 g/mol. The van der Waals surface area contributed by atoms with E-state index in [4.69, 9.17) is 5.11 Å². The summed E-state index contributed by atoms with van der Waals surface area (Å²) in [6, 6.07) is 3.79. The Labute approximate surface area is 99.2 Å². The fraction of sp³-hybridized carbons (Fsp3) is 0.308. The summed E-state index contributed by atoms with van der Waals surface area (Å²) < 4.78 is 13.2. The predicted octanol–water partition coefficient (Wildman–Crippen LogP) is 2.32. The summed E-state index contributed by atoms with van der Waals surface area (Å²) in [5.41, 5.74) is 0.266. The summed E-state index contributed by atoms with van der Waals surface area (Å²) in [6.45, 7) is 2.55. The molecule has 1 aromatic rings. The van der Waals surface area contributed by atoms with Crippen molar-refractivity contribution in [1.29, 1.82) is 0 Å². The Kier molecular flexibility index (Phi) is 3.13. The molecule has 1 N–H and O–H groups in total. The lowest BCUT2D eigenvalue weighted by Gasteiger charge is -2.23. The summed E-state index contributed by atoms with van der Waals surface area (Å²) >= 11 is 0. The third-order valence-corrected chi connectivity index (χ3v) is 2.93. The number of amides is 1. The maximum atomic E-state index is 13.2. The Morgan fingerprint density at radius 1 is 1.59 bits per heavy atom. The highest BCUT2D eigenvalue weighted by Gasteiger charge is 2.24. The van der Waals surface area contributed by atoms with E-state index in [1.54, 1.807) is 4.90 Å². The first kappa shape index (κ1) is 11.6. The fourth-order valence-corrected chi connectivity index (χ4v) is 1.97. The van der Waals surface area contributed by atoms with Crippen LogP contribution in [0.5, 0.6) is 5.75 Å². The second-order valence-corrected chi connectivity index (χ2v) is 4.03. The van der Waals surface area contributed by atoms with Gasteiger partial charge in [-0.3, -0.25) is 4.79 Å². The topological polar surface area (TPSA) is 40.5 Å². The van der Waals surface area contributed by atoms with Gasteiger partial charge in [-0.2, -0.15) is 0 Å².